The van der Waals surface area contributed by atoms with E-state index in [4.69, 9.17) is 0 Å². The zero-order valence-electron chi connectivity index (χ0n) is 8.87. The monoisotopic (exact) mass is 189 g/mol. The van der Waals surface area contributed by atoms with Gasteiger partial charge in [-0.15, -0.1) is 0 Å². The van der Waals surface area contributed by atoms with Crippen molar-refractivity contribution in [3.05, 3.63) is 35.9 Å². The van der Waals surface area contributed by atoms with Gasteiger partial charge >= 0.3 is 0 Å². The highest BCUT2D eigenvalue weighted by molar-refractivity contribution is 5.15. The van der Waals surface area contributed by atoms with E-state index in [2.05, 4.69) is 42.6 Å². The fourth-order valence-corrected chi connectivity index (χ4v) is 2.33. The van der Waals surface area contributed by atoms with E-state index in [9.17, 15) is 0 Å². The first-order chi connectivity index (χ1) is 6.86. The molecule has 2 atom stereocenters. The lowest BCUT2D eigenvalue weighted by Gasteiger charge is -2.19. The van der Waals surface area contributed by atoms with E-state index >= 15 is 0 Å². The lowest BCUT2D eigenvalue weighted by molar-refractivity contribution is 0.417. The summed E-state index contributed by atoms with van der Waals surface area (Å²) in [6, 6.07) is 11.5. The van der Waals surface area contributed by atoms with Gasteiger partial charge in [-0.2, -0.15) is 0 Å². The quantitative estimate of drug-likeness (QED) is 0.770. The maximum Gasteiger partial charge on any atom is 0.00963 e. The molecule has 0 bridgehead atoms. The van der Waals surface area contributed by atoms with Crippen molar-refractivity contribution in [2.24, 2.45) is 5.92 Å². The van der Waals surface area contributed by atoms with Crippen LogP contribution in [0, 0.1) is 5.92 Å². The Labute approximate surface area is 86.5 Å². The minimum absolute atomic E-state index is 0.746. The van der Waals surface area contributed by atoms with Crippen LogP contribution in [0.4, 0.5) is 0 Å². The third-order valence-corrected chi connectivity index (χ3v) is 3.19. The second kappa shape index (κ2) is 4.61. The van der Waals surface area contributed by atoms with E-state index in [-0.39, 0.29) is 0 Å². The second-order valence-corrected chi connectivity index (χ2v) is 4.37. The van der Waals surface area contributed by atoms with Crippen LogP contribution in [0.1, 0.15) is 25.3 Å². The molecule has 1 aromatic carbocycles. The Balaban J connectivity index is 1.90. The van der Waals surface area contributed by atoms with Crippen LogP contribution in [0.5, 0.6) is 0 Å². The average molecular weight is 189 g/mol. The lowest BCUT2D eigenvalue weighted by Crippen LogP contribution is -2.29. The van der Waals surface area contributed by atoms with Crippen LogP contribution >= 0.6 is 0 Å². The number of hydrogen-bond donors (Lipinski definition) is 1. The standard InChI is InChI=1S/C13H19N/c1-11(13-8-5-9-14-13)10-12-6-3-2-4-7-12/h2-4,6-7,11,13-14H,5,8-10H2,1H3/t11-,13-/m0/s1. The van der Waals surface area contributed by atoms with E-state index in [1.54, 1.807) is 0 Å². The Morgan fingerprint density at radius 1 is 1.36 bits per heavy atom. The van der Waals surface area contributed by atoms with Crippen molar-refractivity contribution in [3.8, 4) is 0 Å². The molecule has 0 radical (unpaired) electrons. The van der Waals surface area contributed by atoms with Gasteiger partial charge < -0.3 is 5.32 Å². The zero-order valence-corrected chi connectivity index (χ0v) is 8.87. The highest BCUT2D eigenvalue weighted by atomic mass is 14.9. The molecule has 2 rings (SSSR count). The first-order valence-electron chi connectivity index (χ1n) is 5.63. The Hall–Kier alpha value is -0.820. The molecular formula is C13H19N. The Bertz CT molecular complexity index is 262. The summed E-state index contributed by atoms with van der Waals surface area (Å²) >= 11 is 0. The summed E-state index contributed by atoms with van der Waals surface area (Å²) in [5.74, 6) is 0.764. The molecule has 76 valence electrons. The van der Waals surface area contributed by atoms with Crippen molar-refractivity contribution >= 4 is 0 Å². The molecule has 1 fully saturated rings. The van der Waals surface area contributed by atoms with Crippen molar-refractivity contribution in [3.63, 3.8) is 0 Å². The molecule has 0 aromatic heterocycles. The van der Waals surface area contributed by atoms with Gasteiger partial charge in [0, 0.05) is 6.04 Å². The molecule has 1 aliphatic heterocycles. The summed E-state index contributed by atoms with van der Waals surface area (Å²) in [5, 5.41) is 3.58. The van der Waals surface area contributed by atoms with Gasteiger partial charge in [0.15, 0.2) is 0 Å². The number of nitrogens with one attached hydrogen (secondary N) is 1. The van der Waals surface area contributed by atoms with Crippen LogP contribution in [0.3, 0.4) is 0 Å². The summed E-state index contributed by atoms with van der Waals surface area (Å²) in [6.07, 6.45) is 3.91. The highest BCUT2D eigenvalue weighted by Crippen LogP contribution is 2.18. The normalized spacial score (nSPS) is 23.6. The third-order valence-electron chi connectivity index (χ3n) is 3.19. The van der Waals surface area contributed by atoms with Crippen LogP contribution in [0.15, 0.2) is 30.3 Å². The Morgan fingerprint density at radius 3 is 2.79 bits per heavy atom. The molecule has 1 aliphatic rings. The smallest absolute Gasteiger partial charge is 0.00963 e. The molecule has 1 N–H and O–H groups in total. The summed E-state index contributed by atoms with van der Waals surface area (Å²) in [6.45, 7) is 3.57. The van der Waals surface area contributed by atoms with Gasteiger partial charge in [-0.3, -0.25) is 0 Å². The van der Waals surface area contributed by atoms with Gasteiger partial charge in [-0.25, -0.2) is 0 Å². The summed E-state index contributed by atoms with van der Waals surface area (Å²) in [5.41, 5.74) is 1.47. The van der Waals surface area contributed by atoms with Gasteiger partial charge in [0.2, 0.25) is 0 Å². The maximum atomic E-state index is 3.58. The summed E-state index contributed by atoms with van der Waals surface area (Å²) in [7, 11) is 0. The molecule has 1 heterocycles. The molecule has 0 aliphatic carbocycles. The highest BCUT2D eigenvalue weighted by Gasteiger charge is 2.20. The fourth-order valence-electron chi connectivity index (χ4n) is 2.33. The molecule has 0 spiro atoms. The van der Waals surface area contributed by atoms with Crippen LogP contribution in [-0.2, 0) is 6.42 Å². The molecule has 0 amide bonds. The first-order valence-corrected chi connectivity index (χ1v) is 5.63. The van der Waals surface area contributed by atoms with Gasteiger partial charge in [0.05, 0.1) is 0 Å². The van der Waals surface area contributed by atoms with E-state index in [0.29, 0.717) is 0 Å². The minimum Gasteiger partial charge on any atom is -0.314 e. The van der Waals surface area contributed by atoms with E-state index in [1.807, 2.05) is 0 Å². The first kappa shape index (κ1) is 9.72. The van der Waals surface area contributed by atoms with E-state index in [1.165, 1.54) is 31.4 Å². The van der Waals surface area contributed by atoms with Gasteiger partial charge in [-0.1, -0.05) is 37.3 Å². The van der Waals surface area contributed by atoms with Gasteiger partial charge in [0.25, 0.3) is 0 Å². The Morgan fingerprint density at radius 2 is 2.14 bits per heavy atom. The topological polar surface area (TPSA) is 12.0 Å². The van der Waals surface area contributed by atoms with Gasteiger partial charge in [0.1, 0.15) is 0 Å². The van der Waals surface area contributed by atoms with E-state index < -0.39 is 0 Å². The van der Waals surface area contributed by atoms with Crippen LogP contribution in [0.2, 0.25) is 0 Å². The average Bonchev–Trinajstić information content (AvgIpc) is 2.72. The third kappa shape index (κ3) is 2.36. The number of hydrogen-bond acceptors (Lipinski definition) is 1. The van der Waals surface area contributed by atoms with Crippen molar-refractivity contribution in [2.45, 2.75) is 32.2 Å². The van der Waals surface area contributed by atoms with Crippen LogP contribution in [0.25, 0.3) is 0 Å². The van der Waals surface area contributed by atoms with Gasteiger partial charge in [-0.05, 0) is 37.3 Å². The second-order valence-electron chi connectivity index (χ2n) is 4.37. The molecule has 0 saturated carbocycles. The van der Waals surface area contributed by atoms with Crippen molar-refractivity contribution in [1.29, 1.82) is 0 Å². The lowest BCUT2D eigenvalue weighted by atomic mass is 9.93. The maximum absolute atomic E-state index is 3.58. The molecule has 14 heavy (non-hydrogen) atoms. The SMILES string of the molecule is C[C@@H](Cc1ccccc1)[C@@H]1CCCN1. The summed E-state index contributed by atoms with van der Waals surface area (Å²) in [4.78, 5) is 0. The van der Waals surface area contributed by atoms with Crippen molar-refractivity contribution < 1.29 is 0 Å². The number of benzene rings is 1. The predicted octanol–water partition coefficient (Wildman–Crippen LogP) is 2.62. The zero-order chi connectivity index (χ0) is 9.80. The molecule has 1 saturated heterocycles. The molecule has 1 nitrogen and oxygen atoms in total. The number of rotatable bonds is 3. The minimum atomic E-state index is 0.746. The molecule has 1 aromatic rings. The molecular weight excluding hydrogens is 170 g/mol. The molecule has 0 unspecified atom stereocenters. The molecule has 1 heteroatoms. The van der Waals surface area contributed by atoms with Crippen molar-refractivity contribution in [1.82, 2.24) is 5.32 Å². The summed E-state index contributed by atoms with van der Waals surface area (Å²) < 4.78 is 0. The predicted molar refractivity (Wildman–Crippen MR) is 60.3 cm³/mol. The Kier molecular flexibility index (Phi) is 3.20. The van der Waals surface area contributed by atoms with E-state index in [0.717, 1.165) is 12.0 Å². The fraction of sp³-hybridized carbons (Fsp3) is 0.538. The van der Waals surface area contributed by atoms with Crippen molar-refractivity contribution in [2.75, 3.05) is 6.54 Å². The van der Waals surface area contributed by atoms with Crippen LogP contribution < -0.4 is 5.32 Å². The van der Waals surface area contributed by atoms with Crippen LogP contribution in [-0.4, -0.2) is 12.6 Å². The largest absolute Gasteiger partial charge is 0.314 e.